The zero-order valence-electron chi connectivity index (χ0n) is 10.5. The third kappa shape index (κ3) is 3.48. The number of carbonyl (C=O) groups excluding carboxylic acids is 1. The molecule has 0 atom stereocenters. The van der Waals surface area contributed by atoms with Crippen LogP contribution in [-0.2, 0) is 10.5 Å². The molecule has 0 aliphatic rings. The van der Waals surface area contributed by atoms with Crippen LogP contribution in [0.5, 0.6) is 0 Å². The van der Waals surface area contributed by atoms with E-state index in [1.165, 1.54) is 7.11 Å². The largest absolute Gasteiger partial charge is 0.465 e. The first-order valence-corrected chi connectivity index (χ1v) is 6.70. The van der Waals surface area contributed by atoms with Crippen molar-refractivity contribution in [1.29, 1.82) is 0 Å². The quantitative estimate of drug-likeness (QED) is 0.686. The van der Waals surface area contributed by atoms with Gasteiger partial charge in [-0.3, -0.25) is 0 Å². The molecule has 0 amide bonds. The van der Waals surface area contributed by atoms with Crippen molar-refractivity contribution in [3.63, 3.8) is 0 Å². The smallest absolute Gasteiger partial charge is 0.338 e. The number of methoxy groups -OCH3 is 1. The summed E-state index contributed by atoms with van der Waals surface area (Å²) in [6.07, 6.45) is 1.72. The van der Waals surface area contributed by atoms with Crippen LogP contribution in [-0.4, -0.2) is 18.1 Å². The summed E-state index contributed by atoms with van der Waals surface area (Å²) < 4.78 is 4.77. The molecule has 1 heterocycles. The van der Waals surface area contributed by atoms with Gasteiger partial charge >= 0.3 is 5.97 Å². The molecule has 0 aliphatic carbocycles. The lowest BCUT2D eigenvalue weighted by Gasteiger charge is -2.07. The summed E-state index contributed by atoms with van der Waals surface area (Å²) in [4.78, 5) is 16.7. The highest BCUT2D eigenvalue weighted by molar-refractivity contribution is 7.98. The molecule has 0 saturated heterocycles. The Kier molecular flexibility index (Phi) is 4.41. The van der Waals surface area contributed by atoms with Crippen molar-refractivity contribution >= 4 is 23.5 Å². The van der Waals surface area contributed by atoms with Crippen LogP contribution in [0.25, 0.3) is 0 Å². The van der Waals surface area contributed by atoms with Crippen LogP contribution in [0.3, 0.4) is 0 Å². The average Bonchev–Trinajstić information content (AvgIpc) is 2.46. The fraction of sp³-hybridized carbons (Fsp3) is 0.143. The van der Waals surface area contributed by atoms with Crippen LogP contribution in [0, 0.1) is 0 Å². The molecule has 19 heavy (non-hydrogen) atoms. The summed E-state index contributed by atoms with van der Waals surface area (Å²) in [7, 11) is 1.39. The molecule has 0 radical (unpaired) electrons. The Hall–Kier alpha value is -2.01. The highest BCUT2D eigenvalue weighted by Gasteiger charge is 2.10. The van der Waals surface area contributed by atoms with E-state index in [0.717, 1.165) is 10.5 Å². The van der Waals surface area contributed by atoms with E-state index >= 15 is 0 Å². The van der Waals surface area contributed by atoms with E-state index in [1.807, 2.05) is 24.3 Å². The Morgan fingerprint density at radius 2 is 2.11 bits per heavy atom. The highest BCUT2D eigenvalue weighted by atomic mass is 32.2. The van der Waals surface area contributed by atoms with Crippen LogP contribution in [0.4, 0.5) is 5.82 Å². The lowest BCUT2D eigenvalue weighted by Crippen LogP contribution is -2.04. The van der Waals surface area contributed by atoms with Crippen molar-refractivity contribution in [1.82, 2.24) is 4.98 Å². The molecule has 1 aromatic carbocycles. The number of rotatable bonds is 4. The number of benzene rings is 1. The van der Waals surface area contributed by atoms with Gasteiger partial charge in [0.05, 0.1) is 12.7 Å². The van der Waals surface area contributed by atoms with E-state index in [9.17, 15) is 4.79 Å². The third-order valence-electron chi connectivity index (χ3n) is 2.58. The van der Waals surface area contributed by atoms with Crippen molar-refractivity contribution in [2.24, 2.45) is 0 Å². The van der Waals surface area contributed by atoms with Crippen LogP contribution in [0.15, 0.2) is 47.5 Å². The first kappa shape index (κ1) is 13.4. The SMILES string of the molecule is COC(=O)c1ccccc1CSc1ccc(N)nc1. The summed E-state index contributed by atoms with van der Waals surface area (Å²) in [5.41, 5.74) is 7.07. The second kappa shape index (κ2) is 6.24. The zero-order chi connectivity index (χ0) is 13.7. The number of nitrogen functional groups attached to an aromatic ring is 1. The first-order chi connectivity index (χ1) is 9.20. The van der Waals surface area contributed by atoms with E-state index in [0.29, 0.717) is 17.1 Å². The molecular formula is C14H14N2O2S. The summed E-state index contributed by atoms with van der Waals surface area (Å²) in [6, 6.07) is 11.1. The van der Waals surface area contributed by atoms with Gasteiger partial charge in [-0.1, -0.05) is 18.2 Å². The maximum absolute atomic E-state index is 11.6. The first-order valence-electron chi connectivity index (χ1n) is 5.71. The predicted octanol–water partition coefficient (Wildman–Crippen LogP) is 2.74. The number of hydrogen-bond donors (Lipinski definition) is 1. The molecular weight excluding hydrogens is 260 g/mol. The minimum Gasteiger partial charge on any atom is -0.465 e. The van der Waals surface area contributed by atoms with Gasteiger partial charge in [0.2, 0.25) is 0 Å². The molecule has 2 N–H and O–H groups in total. The number of carbonyl (C=O) groups is 1. The number of aromatic nitrogens is 1. The molecule has 0 fully saturated rings. The van der Waals surface area contributed by atoms with Crippen molar-refractivity contribution in [3.8, 4) is 0 Å². The van der Waals surface area contributed by atoms with E-state index in [-0.39, 0.29) is 5.97 Å². The third-order valence-corrected chi connectivity index (χ3v) is 3.61. The van der Waals surface area contributed by atoms with Crippen LogP contribution < -0.4 is 5.73 Å². The highest BCUT2D eigenvalue weighted by Crippen LogP contribution is 2.24. The van der Waals surface area contributed by atoms with Gasteiger partial charge in [0.1, 0.15) is 5.82 Å². The van der Waals surface area contributed by atoms with Gasteiger partial charge < -0.3 is 10.5 Å². The van der Waals surface area contributed by atoms with Crippen LogP contribution >= 0.6 is 11.8 Å². The molecule has 1 aromatic heterocycles. The fourth-order valence-corrected chi connectivity index (χ4v) is 2.46. The van der Waals surface area contributed by atoms with E-state index in [2.05, 4.69) is 4.98 Å². The van der Waals surface area contributed by atoms with Crippen LogP contribution in [0.2, 0.25) is 0 Å². The predicted molar refractivity (Wildman–Crippen MR) is 76.0 cm³/mol. The number of nitrogens with zero attached hydrogens (tertiary/aromatic N) is 1. The van der Waals surface area contributed by atoms with Gasteiger partial charge in [-0.25, -0.2) is 9.78 Å². The summed E-state index contributed by atoms with van der Waals surface area (Å²) >= 11 is 1.60. The average molecular weight is 274 g/mol. The van der Waals surface area contributed by atoms with Crippen molar-refractivity contribution < 1.29 is 9.53 Å². The topological polar surface area (TPSA) is 65.2 Å². The molecule has 0 saturated carbocycles. The normalized spacial score (nSPS) is 10.2. The second-order valence-electron chi connectivity index (χ2n) is 3.86. The van der Waals surface area contributed by atoms with Gasteiger partial charge in [-0.2, -0.15) is 0 Å². The fourth-order valence-electron chi connectivity index (χ4n) is 1.59. The molecule has 98 valence electrons. The number of pyridine rings is 1. The Morgan fingerprint density at radius 1 is 1.32 bits per heavy atom. The second-order valence-corrected chi connectivity index (χ2v) is 4.90. The van der Waals surface area contributed by atoms with Gasteiger partial charge in [0, 0.05) is 16.8 Å². The standard InChI is InChI=1S/C14H14N2O2S/c1-18-14(17)12-5-3-2-4-10(12)9-19-11-6-7-13(15)16-8-11/h2-8H,9H2,1H3,(H2,15,16). The van der Waals surface area contributed by atoms with Crippen molar-refractivity contribution in [2.75, 3.05) is 12.8 Å². The Bertz CT molecular complexity index is 570. The van der Waals surface area contributed by atoms with Gasteiger partial charge in [0.15, 0.2) is 0 Å². The maximum atomic E-state index is 11.6. The minimum absolute atomic E-state index is 0.313. The van der Waals surface area contributed by atoms with Gasteiger partial charge in [-0.05, 0) is 23.8 Å². The summed E-state index contributed by atoms with van der Waals surface area (Å²) in [6.45, 7) is 0. The lowest BCUT2D eigenvalue weighted by atomic mass is 10.1. The zero-order valence-corrected chi connectivity index (χ0v) is 11.3. The monoisotopic (exact) mass is 274 g/mol. The molecule has 0 bridgehead atoms. The number of ether oxygens (including phenoxy) is 1. The number of esters is 1. The van der Waals surface area contributed by atoms with Crippen LogP contribution in [0.1, 0.15) is 15.9 Å². The summed E-state index contributed by atoms with van der Waals surface area (Å²) in [5, 5.41) is 0. The molecule has 2 aromatic rings. The van der Waals surface area contributed by atoms with E-state index < -0.39 is 0 Å². The molecule has 5 heteroatoms. The number of thioether (sulfide) groups is 1. The van der Waals surface area contributed by atoms with Gasteiger partial charge in [0.25, 0.3) is 0 Å². The molecule has 0 spiro atoms. The number of hydrogen-bond acceptors (Lipinski definition) is 5. The van der Waals surface area contributed by atoms with E-state index in [4.69, 9.17) is 10.5 Å². The maximum Gasteiger partial charge on any atom is 0.338 e. The number of anilines is 1. The number of nitrogens with two attached hydrogens (primary N) is 1. The molecule has 2 rings (SSSR count). The van der Waals surface area contributed by atoms with Crippen molar-refractivity contribution in [2.45, 2.75) is 10.6 Å². The molecule has 4 nitrogen and oxygen atoms in total. The summed E-state index contributed by atoms with van der Waals surface area (Å²) in [5.74, 6) is 0.864. The Labute approximate surface area is 116 Å². The van der Waals surface area contributed by atoms with E-state index in [1.54, 1.807) is 30.1 Å². The van der Waals surface area contributed by atoms with Crippen molar-refractivity contribution in [3.05, 3.63) is 53.7 Å². The minimum atomic E-state index is -0.313. The Balaban J connectivity index is 2.11. The van der Waals surface area contributed by atoms with Gasteiger partial charge in [-0.15, -0.1) is 11.8 Å². The molecule has 0 aliphatic heterocycles. The molecule has 0 unspecified atom stereocenters. The lowest BCUT2D eigenvalue weighted by molar-refractivity contribution is 0.0600. The Morgan fingerprint density at radius 3 is 2.79 bits per heavy atom.